The van der Waals surface area contributed by atoms with Gasteiger partial charge in [-0.15, -0.1) is 5.26 Å². The van der Waals surface area contributed by atoms with Crippen molar-refractivity contribution in [2.24, 2.45) is 0 Å². The van der Waals surface area contributed by atoms with Crippen LogP contribution in [-0.2, 0) is 9.47 Å². The molecule has 2 heterocycles. The second-order valence-electron chi connectivity index (χ2n) is 10.2. The number of carbonyl (C=O) groups is 3. The van der Waals surface area contributed by atoms with E-state index in [0.717, 1.165) is 27.2 Å². The predicted molar refractivity (Wildman–Crippen MR) is 192 cm³/mol. The number of nitriles is 1. The van der Waals surface area contributed by atoms with E-state index >= 15 is 0 Å². The van der Waals surface area contributed by atoms with Gasteiger partial charge in [-0.2, -0.15) is 0 Å². The lowest BCUT2D eigenvalue weighted by atomic mass is 10.1. The molecule has 0 saturated heterocycles. The first-order chi connectivity index (χ1) is 24.3. The summed E-state index contributed by atoms with van der Waals surface area (Å²) in [4.78, 5) is 43.1. The Kier molecular flexibility index (Phi) is 13.2. The number of nitrogens with two attached hydrogens (primary N) is 1. The first-order valence-electron chi connectivity index (χ1n) is 15.4. The van der Waals surface area contributed by atoms with Crippen molar-refractivity contribution in [3.8, 4) is 12.0 Å². The van der Waals surface area contributed by atoms with Crippen molar-refractivity contribution in [2.45, 2.75) is 13.8 Å². The molecular weight excluding hydrogens is 636 g/mol. The molecule has 4 aromatic carbocycles. The van der Waals surface area contributed by atoms with Crippen LogP contribution in [0, 0.1) is 11.5 Å². The summed E-state index contributed by atoms with van der Waals surface area (Å²) in [6.45, 7) is 4.16. The van der Waals surface area contributed by atoms with E-state index in [0.29, 0.717) is 41.5 Å². The van der Waals surface area contributed by atoms with E-state index in [1.54, 1.807) is 75.1 Å². The van der Waals surface area contributed by atoms with Crippen molar-refractivity contribution in [1.29, 1.82) is 5.26 Å². The van der Waals surface area contributed by atoms with Gasteiger partial charge in [0.25, 0.3) is 6.26 Å². The minimum atomic E-state index is -0.386. The molecule has 252 valence electrons. The topological polar surface area (TPSA) is 179 Å². The Bertz CT molecular complexity index is 2090. The zero-order valence-corrected chi connectivity index (χ0v) is 27.3. The lowest BCUT2D eigenvalue weighted by molar-refractivity contribution is 0.0516. The lowest BCUT2D eigenvalue weighted by Gasteiger charge is -2.10. The number of nitrogens with zero attached hydrogens (tertiary/aromatic N) is 3. The number of nitrogen functional groups attached to an aromatic ring is 1. The number of rotatable bonds is 7. The molecule has 0 unspecified atom stereocenters. The standard InChI is InChI=1S/C19H17N3O3.C10H9NO3.C9H8N2/c1-2-25-18(23)13-6-8-15(9-7-13)21-19(24)22-17-5-3-4-14-12-20-11-10-16(14)17;1-2-13-10(12)8-3-5-9(6-4-8)14-7-11;10-9-3-1-2-7-6-11-5-4-8(7)9/h3-12H,2H2,1H3,(H2,21,22,24);3-6H,2H2,1H3;1-6H,10H2. The number of ether oxygens (including phenoxy) is 3. The van der Waals surface area contributed by atoms with Crippen LogP contribution in [0.4, 0.5) is 21.9 Å². The third-order valence-corrected chi connectivity index (χ3v) is 6.83. The maximum absolute atomic E-state index is 12.2. The lowest BCUT2D eigenvalue weighted by Crippen LogP contribution is -2.19. The van der Waals surface area contributed by atoms with Gasteiger partial charge in [0, 0.05) is 57.7 Å². The number of aromatic nitrogens is 2. The van der Waals surface area contributed by atoms with Crippen LogP contribution in [0.5, 0.6) is 5.75 Å². The fourth-order valence-electron chi connectivity index (χ4n) is 4.49. The van der Waals surface area contributed by atoms with Crippen LogP contribution in [0.2, 0.25) is 0 Å². The highest BCUT2D eigenvalue weighted by molar-refractivity contribution is 6.06. The molecule has 0 radical (unpaired) electrons. The molecule has 0 saturated carbocycles. The highest BCUT2D eigenvalue weighted by Crippen LogP contribution is 2.23. The minimum absolute atomic E-state index is 0.321. The molecule has 0 aliphatic heterocycles. The van der Waals surface area contributed by atoms with Gasteiger partial charge in [-0.3, -0.25) is 9.97 Å². The average Bonchev–Trinajstić information content (AvgIpc) is 3.13. The zero-order valence-electron chi connectivity index (χ0n) is 27.3. The van der Waals surface area contributed by atoms with Crippen LogP contribution in [0.15, 0.2) is 122 Å². The predicted octanol–water partition coefficient (Wildman–Crippen LogP) is 7.60. The van der Waals surface area contributed by atoms with Crippen molar-refractivity contribution >= 4 is 56.6 Å². The molecule has 0 atom stereocenters. The average molecular weight is 671 g/mol. The molecule has 0 aliphatic rings. The third kappa shape index (κ3) is 10.2. The van der Waals surface area contributed by atoms with Gasteiger partial charge in [0.05, 0.1) is 30.0 Å². The minimum Gasteiger partial charge on any atom is -0.462 e. The Morgan fingerprint density at radius 3 is 1.80 bits per heavy atom. The SMILES string of the molecule is CCOC(=O)c1ccc(NC(=O)Nc2cccc3cnccc23)cc1.CCOC(=O)c1ccc(OC#N)cc1.Nc1cccc2cnccc12. The van der Waals surface area contributed by atoms with Crippen LogP contribution < -0.4 is 21.1 Å². The Hall–Kier alpha value is -7.00. The van der Waals surface area contributed by atoms with Crippen LogP contribution in [0.1, 0.15) is 34.6 Å². The number of carbonyl (C=O) groups excluding carboxylic acids is 3. The van der Waals surface area contributed by atoms with E-state index in [4.69, 9.17) is 20.5 Å². The van der Waals surface area contributed by atoms with Crippen molar-refractivity contribution in [2.75, 3.05) is 29.6 Å². The number of hydrogen-bond acceptors (Lipinski definition) is 10. The Morgan fingerprint density at radius 1 is 0.700 bits per heavy atom. The van der Waals surface area contributed by atoms with Crippen molar-refractivity contribution < 1.29 is 28.6 Å². The van der Waals surface area contributed by atoms with Gasteiger partial charge in [-0.25, -0.2) is 14.4 Å². The molecule has 6 aromatic rings. The summed E-state index contributed by atoms with van der Waals surface area (Å²) in [6.07, 6.45) is 8.52. The second-order valence-corrected chi connectivity index (χ2v) is 10.2. The number of pyridine rings is 2. The van der Waals surface area contributed by atoms with Gasteiger partial charge in [0.1, 0.15) is 5.75 Å². The van der Waals surface area contributed by atoms with Crippen molar-refractivity contribution in [1.82, 2.24) is 9.97 Å². The zero-order chi connectivity index (χ0) is 35.7. The number of hydrogen-bond donors (Lipinski definition) is 3. The molecule has 50 heavy (non-hydrogen) atoms. The summed E-state index contributed by atoms with van der Waals surface area (Å²) >= 11 is 0. The maximum atomic E-state index is 12.2. The number of urea groups is 1. The van der Waals surface area contributed by atoms with Crippen molar-refractivity contribution in [3.05, 3.63) is 133 Å². The van der Waals surface area contributed by atoms with Gasteiger partial charge in [-0.05, 0) is 86.6 Å². The fraction of sp³-hybridized carbons (Fsp3) is 0.105. The molecule has 0 fully saturated rings. The molecule has 4 N–H and O–H groups in total. The summed E-state index contributed by atoms with van der Waals surface area (Å²) in [5.41, 5.74) is 8.69. The molecule has 12 nitrogen and oxygen atoms in total. The van der Waals surface area contributed by atoms with Crippen molar-refractivity contribution in [3.63, 3.8) is 0 Å². The van der Waals surface area contributed by atoms with Crippen LogP contribution in [0.3, 0.4) is 0 Å². The highest BCUT2D eigenvalue weighted by atomic mass is 16.5. The monoisotopic (exact) mass is 670 g/mol. The highest BCUT2D eigenvalue weighted by Gasteiger charge is 2.09. The summed E-state index contributed by atoms with van der Waals surface area (Å²) in [5.74, 6) is -0.362. The molecule has 2 aromatic heterocycles. The number of esters is 2. The first kappa shape index (κ1) is 35.8. The Balaban J connectivity index is 0.000000188. The number of amides is 2. The van der Waals surface area contributed by atoms with E-state index in [2.05, 4.69) is 25.3 Å². The Labute approximate surface area is 288 Å². The Morgan fingerprint density at radius 2 is 1.24 bits per heavy atom. The summed E-state index contributed by atoms with van der Waals surface area (Å²) < 4.78 is 14.3. The summed E-state index contributed by atoms with van der Waals surface area (Å²) in [6, 6.07) is 27.5. The molecule has 6 rings (SSSR count). The van der Waals surface area contributed by atoms with Gasteiger partial charge in [-0.1, -0.05) is 24.3 Å². The first-order valence-corrected chi connectivity index (χ1v) is 15.4. The van der Waals surface area contributed by atoms with Gasteiger partial charge < -0.3 is 30.6 Å². The molecular formula is C38H34N6O6. The quantitative estimate of drug-likeness (QED) is 0.0870. The molecule has 2 amide bonds. The molecule has 0 aliphatic carbocycles. The maximum Gasteiger partial charge on any atom is 0.338 e. The summed E-state index contributed by atoms with van der Waals surface area (Å²) in [5, 5.41) is 17.8. The number of anilines is 3. The smallest absolute Gasteiger partial charge is 0.338 e. The largest absolute Gasteiger partial charge is 0.462 e. The van der Waals surface area contributed by atoms with Gasteiger partial charge in [0.15, 0.2) is 0 Å². The molecule has 0 spiro atoms. The summed E-state index contributed by atoms with van der Waals surface area (Å²) in [7, 11) is 0. The number of benzene rings is 4. The van der Waals surface area contributed by atoms with Gasteiger partial charge in [0.2, 0.25) is 0 Å². The van der Waals surface area contributed by atoms with E-state index in [9.17, 15) is 14.4 Å². The molecule has 0 bridgehead atoms. The normalized spacial score (nSPS) is 9.86. The number of fused-ring (bicyclic) bond motifs is 2. The van der Waals surface area contributed by atoms with E-state index < -0.39 is 0 Å². The fourth-order valence-corrected chi connectivity index (χ4v) is 4.49. The van der Waals surface area contributed by atoms with Crippen LogP contribution >= 0.6 is 0 Å². The van der Waals surface area contributed by atoms with E-state index in [1.807, 2.05) is 54.7 Å². The number of nitrogens with one attached hydrogen (secondary N) is 2. The third-order valence-electron chi connectivity index (χ3n) is 6.83. The van der Waals surface area contributed by atoms with Gasteiger partial charge >= 0.3 is 18.0 Å². The molecule has 12 heteroatoms. The van der Waals surface area contributed by atoms with Crippen LogP contribution in [0.25, 0.3) is 21.5 Å². The van der Waals surface area contributed by atoms with Crippen LogP contribution in [-0.4, -0.2) is 41.2 Å². The van der Waals surface area contributed by atoms with E-state index in [-0.39, 0.29) is 18.0 Å². The second kappa shape index (κ2) is 18.4. The van der Waals surface area contributed by atoms with E-state index in [1.165, 1.54) is 12.1 Å².